The zero-order valence-electron chi connectivity index (χ0n) is 11.8. The molecule has 2 aromatic carbocycles. The number of rotatable bonds is 4. The maximum absolute atomic E-state index is 11.0. The van der Waals surface area contributed by atoms with E-state index in [2.05, 4.69) is 33.5 Å². The molecule has 3 aromatic rings. The van der Waals surface area contributed by atoms with Crippen molar-refractivity contribution in [1.29, 1.82) is 0 Å². The van der Waals surface area contributed by atoms with Crippen molar-refractivity contribution in [1.82, 2.24) is 4.98 Å². The fraction of sp³-hybridized carbons (Fsp3) is 0.0588. The van der Waals surface area contributed by atoms with Gasteiger partial charge in [0.05, 0.1) is 6.20 Å². The number of carboxylic acids is 1. The van der Waals surface area contributed by atoms with Gasteiger partial charge in [-0.15, -0.1) is 0 Å². The summed E-state index contributed by atoms with van der Waals surface area (Å²) in [6, 6.07) is 15.7. The summed E-state index contributed by atoms with van der Waals surface area (Å²) in [5.41, 5.74) is 2.86. The van der Waals surface area contributed by atoms with Crippen molar-refractivity contribution in [3.8, 4) is 22.5 Å². The van der Waals surface area contributed by atoms with Crippen LogP contribution in [0.25, 0.3) is 22.5 Å². The van der Waals surface area contributed by atoms with E-state index in [1.165, 1.54) is 6.20 Å². The zero-order chi connectivity index (χ0) is 16.4. The molecule has 6 heteroatoms. The Kier molecular flexibility index (Phi) is 4.54. The van der Waals surface area contributed by atoms with E-state index in [0.717, 1.165) is 21.2 Å². The van der Waals surface area contributed by atoms with Crippen LogP contribution in [-0.2, 0) is 4.79 Å². The van der Waals surface area contributed by atoms with Crippen molar-refractivity contribution in [3.63, 3.8) is 0 Å². The van der Waals surface area contributed by atoms with Crippen LogP contribution in [0.2, 0.25) is 0 Å². The largest absolute Gasteiger partial charge is 0.480 e. The maximum Gasteiger partial charge on any atom is 0.325 e. The Morgan fingerprint density at radius 2 is 1.78 bits per heavy atom. The Morgan fingerprint density at radius 1 is 1.13 bits per heavy atom. The number of aliphatic carboxylic acids is 1. The van der Waals surface area contributed by atoms with E-state index in [-0.39, 0.29) is 5.89 Å². The number of nitrogens with zero attached hydrogens (tertiary/aromatic N) is 1. The average molecular weight is 390 g/mol. The molecular formula is C17H12BrNO3S. The molecule has 4 nitrogen and oxygen atoms in total. The lowest BCUT2D eigenvalue weighted by Gasteiger charge is -2.07. The minimum atomic E-state index is -1.09. The normalized spacial score (nSPS) is 12.1. The molecule has 23 heavy (non-hydrogen) atoms. The number of hydrogen-bond donors (Lipinski definition) is 2. The molecule has 0 bridgehead atoms. The lowest BCUT2D eigenvalue weighted by molar-refractivity contribution is -0.136. The van der Waals surface area contributed by atoms with Crippen molar-refractivity contribution in [2.45, 2.75) is 5.25 Å². The number of benzene rings is 2. The van der Waals surface area contributed by atoms with Crippen molar-refractivity contribution < 1.29 is 14.3 Å². The second-order valence-electron chi connectivity index (χ2n) is 4.86. The highest BCUT2D eigenvalue weighted by molar-refractivity contribution is 9.10. The van der Waals surface area contributed by atoms with Gasteiger partial charge in [0, 0.05) is 10.0 Å². The SMILES string of the molecule is O=C(O)C(S)c1ncc(-c2ccccc2-c2ccc(Br)cc2)o1. The molecule has 1 heterocycles. The first-order valence-electron chi connectivity index (χ1n) is 6.78. The predicted octanol–water partition coefficient (Wildman–Crippen LogP) is 4.83. The van der Waals surface area contributed by atoms with E-state index in [1.807, 2.05) is 48.5 Å². The van der Waals surface area contributed by atoms with E-state index in [4.69, 9.17) is 9.52 Å². The summed E-state index contributed by atoms with van der Waals surface area (Å²) in [4.78, 5) is 15.0. The molecule has 0 spiro atoms. The van der Waals surface area contributed by atoms with E-state index in [1.54, 1.807) is 0 Å². The van der Waals surface area contributed by atoms with Gasteiger partial charge in [-0.05, 0) is 23.3 Å². The number of oxazole rings is 1. The molecule has 0 fully saturated rings. The Labute approximate surface area is 146 Å². The van der Waals surface area contributed by atoms with E-state index < -0.39 is 11.2 Å². The van der Waals surface area contributed by atoms with Crippen LogP contribution in [0.1, 0.15) is 11.1 Å². The van der Waals surface area contributed by atoms with Crippen LogP contribution < -0.4 is 0 Å². The lowest BCUT2D eigenvalue weighted by Crippen LogP contribution is -2.04. The van der Waals surface area contributed by atoms with Gasteiger partial charge in [-0.3, -0.25) is 4.79 Å². The highest BCUT2D eigenvalue weighted by Gasteiger charge is 2.21. The maximum atomic E-state index is 11.0. The van der Waals surface area contributed by atoms with Gasteiger partial charge in [0.25, 0.3) is 0 Å². The van der Waals surface area contributed by atoms with Crippen molar-refractivity contribution in [3.05, 3.63) is 65.1 Å². The highest BCUT2D eigenvalue weighted by Crippen LogP contribution is 2.34. The third kappa shape index (κ3) is 3.33. The Hall–Kier alpha value is -2.05. The Balaban J connectivity index is 2.04. The average Bonchev–Trinajstić information content (AvgIpc) is 3.04. The van der Waals surface area contributed by atoms with Gasteiger partial charge in [-0.2, -0.15) is 12.6 Å². The van der Waals surface area contributed by atoms with Gasteiger partial charge in [0.1, 0.15) is 0 Å². The van der Waals surface area contributed by atoms with E-state index in [9.17, 15) is 4.79 Å². The molecular weight excluding hydrogens is 378 g/mol. The van der Waals surface area contributed by atoms with Crippen molar-refractivity contribution in [2.75, 3.05) is 0 Å². The third-order valence-electron chi connectivity index (χ3n) is 3.34. The van der Waals surface area contributed by atoms with Gasteiger partial charge in [0.15, 0.2) is 11.0 Å². The van der Waals surface area contributed by atoms with Crippen molar-refractivity contribution in [2.24, 2.45) is 0 Å². The smallest absolute Gasteiger partial charge is 0.325 e. The number of carboxylic acid groups (broad SMARTS) is 1. The fourth-order valence-electron chi connectivity index (χ4n) is 2.22. The van der Waals surface area contributed by atoms with Crippen LogP contribution in [0.3, 0.4) is 0 Å². The molecule has 0 radical (unpaired) electrons. The summed E-state index contributed by atoms with van der Waals surface area (Å²) in [6.07, 6.45) is 1.53. The molecule has 0 saturated heterocycles. The monoisotopic (exact) mass is 389 g/mol. The summed E-state index contributed by atoms with van der Waals surface area (Å²) < 4.78 is 6.60. The Morgan fingerprint density at radius 3 is 2.43 bits per heavy atom. The van der Waals surface area contributed by atoms with Crippen LogP contribution >= 0.6 is 28.6 Å². The first kappa shape index (κ1) is 15.8. The first-order chi connectivity index (χ1) is 11.1. The topological polar surface area (TPSA) is 63.3 Å². The standard InChI is InChI=1S/C17H12BrNO3S/c18-11-7-5-10(6-8-11)12-3-1-2-4-13(12)14-9-19-16(22-14)15(23)17(20)21/h1-9,15,23H,(H,20,21). The number of hydrogen-bond acceptors (Lipinski definition) is 4. The molecule has 3 rings (SSSR count). The molecule has 0 saturated carbocycles. The van der Waals surface area contributed by atoms with E-state index >= 15 is 0 Å². The third-order valence-corrected chi connectivity index (χ3v) is 4.31. The molecule has 1 N–H and O–H groups in total. The van der Waals surface area contributed by atoms with Crippen molar-refractivity contribution >= 4 is 34.5 Å². The first-order valence-corrected chi connectivity index (χ1v) is 8.09. The second kappa shape index (κ2) is 6.60. The summed E-state index contributed by atoms with van der Waals surface area (Å²) in [6.45, 7) is 0. The van der Waals surface area contributed by atoms with Crippen LogP contribution in [0.15, 0.2) is 63.6 Å². The van der Waals surface area contributed by atoms with Gasteiger partial charge < -0.3 is 9.52 Å². The summed E-state index contributed by atoms with van der Waals surface area (Å²) in [7, 11) is 0. The van der Waals surface area contributed by atoms with Crippen LogP contribution in [0, 0.1) is 0 Å². The number of carbonyl (C=O) groups is 1. The minimum Gasteiger partial charge on any atom is -0.480 e. The number of halogens is 1. The second-order valence-corrected chi connectivity index (χ2v) is 6.29. The van der Waals surface area contributed by atoms with Gasteiger partial charge in [0.2, 0.25) is 5.89 Å². The van der Waals surface area contributed by atoms with Crippen LogP contribution in [0.4, 0.5) is 0 Å². The zero-order valence-corrected chi connectivity index (χ0v) is 14.3. The Bertz CT molecular complexity index is 845. The molecule has 0 aliphatic carbocycles. The molecule has 116 valence electrons. The minimum absolute atomic E-state index is 0.0708. The van der Waals surface area contributed by atoms with Crippen LogP contribution in [-0.4, -0.2) is 16.1 Å². The molecule has 0 amide bonds. The fourth-order valence-corrected chi connectivity index (χ4v) is 2.61. The number of thiol groups is 1. The van der Waals surface area contributed by atoms with Crippen LogP contribution in [0.5, 0.6) is 0 Å². The predicted molar refractivity (Wildman–Crippen MR) is 94.4 cm³/mol. The van der Waals surface area contributed by atoms with E-state index in [0.29, 0.717) is 5.76 Å². The molecule has 1 unspecified atom stereocenters. The summed E-state index contributed by atoms with van der Waals surface area (Å²) in [5, 5.41) is 7.91. The summed E-state index contributed by atoms with van der Waals surface area (Å²) >= 11 is 7.41. The molecule has 0 aliphatic rings. The van der Waals surface area contributed by atoms with Gasteiger partial charge >= 0.3 is 5.97 Å². The van der Waals surface area contributed by atoms with Gasteiger partial charge in [-0.1, -0.05) is 52.3 Å². The number of aromatic nitrogens is 1. The lowest BCUT2D eigenvalue weighted by atomic mass is 9.99. The quantitative estimate of drug-likeness (QED) is 0.627. The summed E-state index contributed by atoms with van der Waals surface area (Å²) in [5.74, 6) is -0.511. The molecule has 0 aliphatic heterocycles. The van der Waals surface area contributed by atoms with Gasteiger partial charge in [-0.25, -0.2) is 4.98 Å². The molecule has 1 atom stereocenters. The molecule has 1 aromatic heterocycles. The highest BCUT2D eigenvalue weighted by atomic mass is 79.9.